The van der Waals surface area contributed by atoms with Gasteiger partial charge in [0.25, 0.3) is 0 Å². The van der Waals surface area contributed by atoms with Crippen LogP contribution in [0.4, 0.5) is 10.8 Å². The number of aromatic nitrogens is 1. The zero-order valence-electron chi connectivity index (χ0n) is 20.4. The minimum absolute atomic E-state index is 0.0349. The van der Waals surface area contributed by atoms with E-state index >= 15 is 0 Å². The Kier molecular flexibility index (Phi) is 7.53. The molecule has 0 bridgehead atoms. The Balaban J connectivity index is 1.29. The molecule has 5 nitrogen and oxygen atoms in total. The molecule has 176 valence electrons. The van der Waals surface area contributed by atoms with E-state index in [2.05, 4.69) is 79.2 Å². The lowest BCUT2D eigenvalue weighted by Gasteiger charge is -2.31. The number of nitrogens with zero attached hydrogens (tertiary/aromatic N) is 3. The number of rotatable bonds is 8. The number of benzene rings is 2. The number of amides is 1. The van der Waals surface area contributed by atoms with E-state index in [1.54, 1.807) is 11.3 Å². The van der Waals surface area contributed by atoms with Crippen molar-refractivity contribution in [3.63, 3.8) is 0 Å². The van der Waals surface area contributed by atoms with E-state index in [0.29, 0.717) is 0 Å². The Hall–Kier alpha value is -2.60. The van der Waals surface area contributed by atoms with Crippen molar-refractivity contribution in [2.24, 2.45) is 5.92 Å². The van der Waals surface area contributed by atoms with Gasteiger partial charge in [-0.2, -0.15) is 0 Å². The summed E-state index contributed by atoms with van der Waals surface area (Å²) in [7, 11) is 0. The SMILES string of the molecule is CCN(CCCNC(=O)[C@H]1CCCN(c2nc3c(C)cc(C)cc3s2)C1)c1cccc(C)c1. The Bertz CT molecular complexity index is 1110. The van der Waals surface area contributed by atoms with Crippen molar-refractivity contribution in [1.29, 1.82) is 0 Å². The van der Waals surface area contributed by atoms with Gasteiger partial charge in [-0.25, -0.2) is 4.98 Å². The van der Waals surface area contributed by atoms with E-state index in [0.717, 1.165) is 62.6 Å². The van der Waals surface area contributed by atoms with Crippen molar-refractivity contribution in [3.05, 3.63) is 53.1 Å². The third kappa shape index (κ3) is 5.67. The number of carbonyl (C=O) groups is 1. The maximum absolute atomic E-state index is 12.9. The van der Waals surface area contributed by atoms with Crippen LogP contribution < -0.4 is 15.1 Å². The van der Waals surface area contributed by atoms with Crippen molar-refractivity contribution in [2.75, 3.05) is 42.5 Å². The first-order valence-electron chi connectivity index (χ1n) is 12.2. The number of aryl methyl sites for hydroxylation is 3. The minimum Gasteiger partial charge on any atom is -0.372 e. The predicted octanol–water partition coefficient (Wildman–Crippen LogP) is 5.47. The van der Waals surface area contributed by atoms with Crippen LogP contribution in [0, 0.1) is 26.7 Å². The highest BCUT2D eigenvalue weighted by Gasteiger charge is 2.27. The number of fused-ring (bicyclic) bond motifs is 1. The standard InChI is InChI=1S/C27H36N4OS/c1-5-30(23-11-6-9-19(2)16-23)14-8-12-28-26(32)22-10-7-13-31(18-22)27-29-25-21(4)15-20(3)17-24(25)33-27/h6,9,11,15-17,22H,5,7-8,10,12-14,18H2,1-4H3,(H,28,32)/t22-/m0/s1. The molecule has 1 aliphatic rings. The largest absolute Gasteiger partial charge is 0.372 e. The highest BCUT2D eigenvalue weighted by molar-refractivity contribution is 7.22. The summed E-state index contributed by atoms with van der Waals surface area (Å²) in [5, 5.41) is 4.25. The second-order valence-electron chi connectivity index (χ2n) is 9.27. The summed E-state index contributed by atoms with van der Waals surface area (Å²) in [5.41, 5.74) is 6.13. The molecule has 0 saturated carbocycles. The van der Waals surface area contributed by atoms with E-state index in [1.165, 1.54) is 27.1 Å². The van der Waals surface area contributed by atoms with Crippen LogP contribution >= 0.6 is 11.3 Å². The second kappa shape index (κ2) is 10.6. The van der Waals surface area contributed by atoms with Gasteiger partial charge in [-0.3, -0.25) is 4.79 Å². The number of anilines is 2. The van der Waals surface area contributed by atoms with Gasteiger partial charge in [-0.15, -0.1) is 0 Å². The molecule has 1 fully saturated rings. The monoisotopic (exact) mass is 464 g/mol. The topological polar surface area (TPSA) is 48.5 Å². The first kappa shape index (κ1) is 23.6. The van der Waals surface area contributed by atoms with E-state index in [4.69, 9.17) is 4.98 Å². The molecular weight excluding hydrogens is 428 g/mol. The van der Waals surface area contributed by atoms with Crippen molar-refractivity contribution in [2.45, 2.75) is 47.0 Å². The third-order valence-electron chi connectivity index (χ3n) is 6.53. The first-order valence-corrected chi connectivity index (χ1v) is 13.0. The lowest BCUT2D eigenvalue weighted by Crippen LogP contribution is -2.43. The molecule has 1 atom stereocenters. The maximum Gasteiger partial charge on any atom is 0.224 e. The molecule has 3 aromatic rings. The van der Waals surface area contributed by atoms with Gasteiger partial charge >= 0.3 is 0 Å². The van der Waals surface area contributed by atoms with Crippen LogP contribution in [0.15, 0.2) is 36.4 Å². The van der Waals surface area contributed by atoms with Crippen molar-refractivity contribution in [1.82, 2.24) is 10.3 Å². The van der Waals surface area contributed by atoms with Gasteiger partial charge in [-0.05, 0) is 81.8 Å². The smallest absolute Gasteiger partial charge is 0.224 e. The molecular formula is C27H36N4OS. The summed E-state index contributed by atoms with van der Waals surface area (Å²) < 4.78 is 1.24. The van der Waals surface area contributed by atoms with E-state index < -0.39 is 0 Å². The average Bonchev–Trinajstić information content (AvgIpc) is 3.23. The Labute approximate surface area is 201 Å². The number of carbonyl (C=O) groups excluding carboxylic acids is 1. The predicted molar refractivity (Wildman–Crippen MR) is 141 cm³/mol. The molecule has 0 unspecified atom stereocenters. The molecule has 2 aromatic carbocycles. The van der Waals surface area contributed by atoms with Gasteiger partial charge in [0.15, 0.2) is 5.13 Å². The van der Waals surface area contributed by atoms with Gasteiger partial charge in [-0.1, -0.05) is 29.5 Å². The summed E-state index contributed by atoms with van der Waals surface area (Å²) in [5.74, 6) is 0.221. The van der Waals surface area contributed by atoms with Gasteiger partial charge in [0.2, 0.25) is 5.91 Å². The highest BCUT2D eigenvalue weighted by Crippen LogP contribution is 2.33. The number of piperidine rings is 1. The molecule has 0 spiro atoms. The molecule has 1 amide bonds. The minimum atomic E-state index is 0.0349. The quantitative estimate of drug-likeness (QED) is 0.449. The maximum atomic E-state index is 12.9. The first-order chi connectivity index (χ1) is 15.9. The zero-order chi connectivity index (χ0) is 23.4. The van der Waals surface area contributed by atoms with Crippen LogP contribution in [0.1, 0.15) is 42.9 Å². The number of hydrogen-bond acceptors (Lipinski definition) is 5. The Morgan fingerprint density at radius 1 is 1.21 bits per heavy atom. The van der Waals surface area contributed by atoms with Crippen molar-refractivity contribution in [3.8, 4) is 0 Å². The van der Waals surface area contributed by atoms with Crippen LogP contribution in [0.3, 0.4) is 0 Å². The number of hydrogen-bond donors (Lipinski definition) is 1. The van der Waals surface area contributed by atoms with Gasteiger partial charge < -0.3 is 15.1 Å². The number of nitrogens with one attached hydrogen (secondary N) is 1. The fraction of sp³-hybridized carbons (Fsp3) is 0.481. The normalized spacial score (nSPS) is 16.2. The van der Waals surface area contributed by atoms with E-state index in [9.17, 15) is 4.79 Å². The van der Waals surface area contributed by atoms with Gasteiger partial charge in [0.05, 0.1) is 16.1 Å². The lowest BCUT2D eigenvalue weighted by atomic mass is 9.97. The van der Waals surface area contributed by atoms with Crippen molar-refractivity contribution < 1.29 is 4.79 Å². The Morgan fingerprint density at radius 3 is 2.85 bits per heavy atom. The van der Waals surface area contributed by atoms with Gasteiger partial charge in [0, 0.05) is 38.4 Å². The number of thiazole rings is 1. The third-order valence-corrected chi connectivity index (χ3v) is 7.60. The van der Waals surface area contributed by atoms with Crippen LogP contribution in [-0.2, 0) is 4.79 Å². The molecule has 1 saturated heterocycles. The molecule has 33 heavy (non-hydrogen) atoms. The molecule has 0 aliphatic carbocycles. The van der Waals surface area contributed by atoms with E-state index in [-0.39, 0.29) is 11.8 Å². The summed E-state index contributed by atoms with van der Waals surface area (Å²) >= 11 is 1.75. The molecule has 0 radical (unpaired) electrons. The van der Waals surface area contributed by atoms with Crippen molar-refractivity contribution >= 4 is 38.3 Å². The van der Waals surface area contributed by atoms with Crippen LogP contribution in [-0.4, -0.2) is 43.6 Å². The fourth-order valence-corrected chi connectivity index (χ4v) is 5.96. The van der Waals surface area contributed by atoms with Crippen LogP contribution in [0.5, 0.6) is 0 Å². The molecule has 6 heteroatoms. The molecule has 2 heterocycles. The van der Waals surface area contributed by atoms with Crippen LogP contribution in [0.2, 0.25) is 0 Å². The van der Waals surface area contributed by atoms with Crippen LogP contribution in [0.25, 0.3) is 10.2 Å². The lowest BCUT2D eigenvalue weighted by molar-refractivity contribution is -0.125. The zero-order valence-corrected chi connectivity index (χ0v) is 21.2. The van der Waals surface area contributed by atoms with Gasteiger partial charge in [0.1, 0.15) is 0 Å². The fourth-order valence-electron chi connectivity index (χ4n) is 4.78. The summed E-state index contributed by atoms with van der Waals surface area (Å²) in [4.78, 5) is 22.5. The second-order valence-corrected chi connectivity index (χ2v) is 10.3. The summed E-state index contributed by atoms with van der Waals surface area (Å²) in [6, 6.07) is 13.0. The summed E-state index contributed by atoms with van der Waals surface area (Å²) in [6.07, 6.45) is 2.93. The average molecular weight is 465 g/mol. The molecule has 1 aliphatic heterocycles. The Morgan fingerprint density at radius 2 is 2.06 bits per heavy atom. The summed E-state index contributed by atoms with van der Waals surface area (Å²) in [6.45, 7) is 12.9. The molecule has 1 aromatic heterocycles. The molecule has 1 N–H and O–H groups in total. The molecule has 4 rings (SSSR count). The van der Waals surface area contributed by atoms with E-state index in [1.807, 2.05) is 0 Å². The highest BCUT2D eigenvalue weighted by atomic mass is 32.1.